The van der Waals surface area contributed by atoms with Gasteiger partial charge >= 0.3 is 0 Å². The zero-order chi connectivity index (χ0) is 12.3. The molecule has 0 radical (unpaired) electrons. The number of rotatable bonds is 4. The Morgan fingerprint density at radius 2 is 2.41 bits per heavy atom. The Balaban J connectivity index is 2.14. The fourth-order valence-corrected chi connectivity index (χ4v) is 2.92. The third-order valence-corrected chi connectivity index (χ3v) is 4.10. The Kier molecular flexibility index (Phi) is 4.78. The van der Waals surface area contributed by atoms with Crippen LogP contribution in [0.25, 0.3) is 0 Å². The smallest absolute Gasteiger partial charge is 0.0622 e. The van der Waals surface area contributed by atoms with Crippen LogP contribution in [0.5, 0.6) is 0 Å². The van der Waals surface area contributed by atoms with Gasteiger partial charge in [-0.3, -0.25) is 4.90 Å². The van der Waals surface area contributed by atoms with Gasteiger partial charge in [0.15, 0.2) is 0 Å². The first-order chi connectivity index (χ1) is 8.22. The highest BCUT2D eigenvalue weighted by atomic mass is 127. The fourth-order valence-electron chi connectivity index (χ4n) is 2.35. The van der Waals surface area contributed by atoms with Crippen LogP contribution in [0, 0.1) is 3.57 Å². The molecule has 3 nitrogen and oxygen atoms in total. The van der Waals surface area contributed by atoms with Crippen molar-refractivity contribution < 1.29 is 4.74 Å². The van der Waals surface area contributed by atoms with Gasteiger partial charge in [-0.1, -0.05) is 12.1 Å². The molecular formula is C13H19IN2O. The van der Waals surface area contributed by atoms with Gasteiger partial charge in [-0.05, 0) is 53.8 Å². The van der Waals surface area contributed by atoms with E-state index in [1.807, 2.05) is 0 Å². The molecule has 0 aliphatic carbocycles. The Labute approximate surface area is 116 Å². The number of nitrogens with zero attached hydrogens (tertiary/aromatic N) is 1. The van der Waals surface area contributed by atoms with Gasteiger partial charge in [0, 0.05) is 28.8 Å². The average Bonchev–Trinajstić information content (AvgIpc) is 2.83. The predicted octanol–water partition coefficient (Wildman–Crippen LogP) is 2.01. The Hall–Kier alpha value is -0.170. The first kappa shape index (κ1) is 13.3. The van der Waals surface area contributed by atoms with Gasteiger partial charge in [0.1, 0.15) is 0 Å². The van der Waals surface area contributed by atoms with Gasteiger partial charge in [-0.25, -0.2) is 0 Å². The van der Waals surface area contributed by atoms with Crippen LogP contribution in [0.4, 0.5) is 0 Å². The fraction of sp³-hybridized carbons (Fsp3) is 0.538. The van der Waals surface area contributed by atoms with Gasteiger partial charge < -0.3 is 10.5 Å². The van der Waals surface area contributed by atoms with Crippen LogP contribution in [0.15, 0.2) is 24.3 Å². The minimum atomic E-state index is 0.288. The summed E-state index contributed by atoms with van der Waals surface area (Å²) in [5, 5.41) is 0. The van der Waals surface area contributed by atoms with Crippen LogP contribution in [0.2, 0.25) is 0 Å². The van der Waals surface area contributed by atoms with Crippen molar-refractivity contribution in [2.24, 2.45) is 5.73 Å². The molecule has 17 heavy (non-hydrogen) atoms. The topological polar surface area (TPSA) is 38.5 Å². The van der Waals surface area contributed by atoms with Crippen molar-refractivity contribution in [2.45, 2.75) is 18.5 Å². The molecule has 0 spiro atoms. The highest BCUT2D eigenvalue weighted by molar-refractivity contribution is 14.1. The SMILES string of the molecule is CN(C1CCOC1)C(CN)c1cccc(I)c1. The Bertz CT molecular complexity index is 366. The summed E-state index contributed by atoms with van der Waals surface area (Å²) in [7, 11) is 2.15. The second-order valence-electron chi connectivity index (χ2n) is 4.49. The molecule has 0 amide bonds. The minimum Gasteiger partial charge on any atom is -0.380 e. The molecular weight excluding hydrogens is 327 g/mol. The molecule has 2 unspecified atom stereocenters. The molecule has 1 saturated heterocycles. The summed E-state index contributed by atoms with van der Waals surface area (Å²) in [6.07, 6.45) is 1.11. The molecule has 4 heteroatoms. The summed E-state index contributed by atoms with van der Waals surface area (Å²) >= 11 is 2.34. The lowest BCUT2D eigenvalue weighted by Gasteiger charge is -2.31. The number of benzene rings is 1. The van der Waals surface area contributed by atoms with Crippen LogP contribution in [0.3, 0.4) is 0 Å². The lowest BCUT2D eigenvalue weighted by Crippen LogP contribution is -2.38. The third-order valence-electron chi connectivity index (χ3n) is 3.43. The van der Waals surface area contributed by atoms with Gasteiger partial charge in [0.2, 0.25) is 0 Å². The van der Waals surface area contributed by atoms with Crippen LogP contribution >= 0.6 is 22.6 Å². The second kappa shape index (κ2) is 6.13. The number of halogens is 1. The first-order valence-electron chi connectivity index (χ1n) is 5.97. The molecule has 2 atom stereocenters. The highest BCUT2D eigenvalue weighted by Gasteiger charge is 2.26. The Morgan fingerprint density at radius 3 is 3.00 bits per heavy atom. The summed E-state index contributed by atoms with van der Waals surface area (Å²) in [4.78, 5) is 2.36. The van der Waals surface area contributed by atoms with Gasteiger partial charge in [0.05, 0.1) is 6.61 Å². The van der Waals surface area contributed by atoms with Crippen molar-refractivity contribution in [1.82, 2.24) is 4.90 Å². The number of nitrogens with two attached hydrogens (primary N) is 1. The number of ether oxygens (including phenoxy) is 1. The van der Waals surface area contributed by atoms with Gasteiger partial charge in [-0.2, -0.15) is 0 Å². The standard InChI is InChI=1S/C13H19IN2O/c1-16(12-5-6-17-9-12)13(8-15)10-3-2-4-11(14)7-10/h2-4,7,12-13H,5-6,8-9,15H2,1H3. The third kappa shape index (κ3) is 3.19. The maximum absolute atomic E-state index is 5.94. The highest BCUT2D eigenvalue weighted by Crippen LogP contribution is 2.24. The summed E-state index contributed by atoms with van der Waals surface area (Å²) in [5.41, 5.74) is 7.24. The lowest BCUT2D eigenvalue weighted by atomic mass is 10.0. The number of likely N-dealkylation sites (N-methyl/N-ethyl adjacent to an activating group) is 1. The number of hydrogen-bond acceptors (Lipinski definition) is 3. The van der Waals surface area contributed by atoms with Crippen molar-refractivity contribution >= 4 is 22.6 Å². The van der Waals surface area contributed by atoms with E-state index in [9.17, 15) is 0 Å². The van der Waals surface area contributed by atoms with Gasteiger partial charge in [-0.15, -0.1) is 0 Å². The van der Waals surface area contributed by atoms with Crippen molar-refractivity contribution in [3.63, 3.8) is 0 Å². The lowest BCUT2D eigenvalue weighted by molar-refractivity contribution is 0.134. The molecule has 0 aromatic heterocycles. The van der Waals surface area contributed by atoms with Crippen LogP contribution in [-0.2, 0) is 4.74 Å². The van der Waals surface area contributed by atoms with E-state index in [1.54, 1.807) is 0 Å². The number of hydrogen-bond donors (Lipinski definition) is 1. The van der Waals surface area contributed by atoms with Crippen molar-refractivity contribution in [3.05, 3.63) is 33.4 Å². The van der Waals surface area contributed by atoms with E-state index in [-0.39, 0.29) is 6.04 Å². The second-order valence-corrected chi connectivity index (χ2v) is 5.74. The molecule has 0 saturated carbocycles. The molecule has 1 aromatic carbocycles. The maximum atomic E-state index is 5.94. The first-order valence-corrected chi connectivity index (χ1v) is 7.05. The largest absolute Gasteiger partial charge is 0.380 e. The summed E-state index contributed by atoms with van der Waals surface area (Å²) in [6, 6.07) is 9.36. The van der Waals surface area contributed by atoms with Crippen LogP contribution in [0.1, 0.15) is 18.0 Å². The summed E-state index contributed by atoms with van der Waals surface area (Å²) in [6.45, 7) is 2.35. The molecule has 2 rings (SSSR count). The molecule has 2 N–H and O–H groups in total. The Morgan fingerprint density at radius 1 is 1.59 bits per heavy atom. The van der Waals surface area contributed by atoms with Crippen molar-refractivity contribution in [2.75, 3.05) is 26.8 Å². The van der Waals surface area contributed by atoms with Crippen LogP contribution < -0.4 is 5.73 Å². The van der Waals surface area contributed by atoms with Crippen molar-refractivity contribution in [3.8, 4) is 0 Å². The van der Waals surface area contributed by atoms with Crippen LogP contribution in [-0.4, -0.2) is 37.7 Å². The quantitative estimate of drug-likeness (QED) is 0.848. The van der Waals surface area contributed by atoms with E-state index >= 15 is 0 Å². The monoisotopic (exact) mass is 346 g/mol. The molecule has 1 aromatic rings. The van der Waals surface area contributed by atoms with Crippen molar-refractivity contribution in [1.29, 1.82) is 0 Å². The van der Waals surface area contributed by atoms with E-state index in [0.29, 0.717) is 12.6 Å². The molecule has 1 aliphatic heterocycles. The molecule has 0 bridgehead atoms. The zero-order valence-corrected chi connectivity index (χ0v) is 12.3. The average molecular weight is 346 g/mol. The zero-order valence-electron chi connectivity index (χ0n) is 10.1. The van der Waals surface area contributed by atoms with E-state index in [0.717, 1.165) is 19.6 Å². The van der Waals surface area contributed by atoms with E-state index in [1.165, 1.54) is 9.13 Å². The molecule has 94 valence electrons. The van der Waals surface area contributed by atoms with Gasteiger partial charge in [0.25, 0.3) is 0 Å². The summed E-state index contributed by atoms with van der Waals surface area (Å²) in [5.74, 6) is 0. The summed E-state index contributed by atoms with van der Waals surface area (Å²) < 4.78 is 6.71. The maximum Gasteiger partial charge on any atom is 0.0622 e. The van der Waals surface area contributed by atoms with E-state index < -0.39 is 0 Å². The molecule has 1 aliphatic rings. The minimum absolute atomic E-state index is 0.288. The van der Waals surface area contributed by atoms with E-state index in [4.69, 9.17) is 10.5 Å². The predicted molar refractivity (Wildman–Crippen MR) is 77.9 cm³/mol. The molecule has 1 fully saturated rings. The normalized spacial score (nSPS) is 22.0. The molecule has 1 heterocycles. The van der Waals surface area contributed by atoms with E-state index in [2.05, 4.69) is 58.8 Å².